The molecule has 0 fully saturated rings. The lowest BCUT2D eigenvalue weighted by Gasteiger charge is -2.27. The number of nitrogens with one attached hydrogen (secondary N) is 2. The molecule has 4 N–H and O–H groups in total. The molecule has 0 aromatic heterocycles. The van der Waals surface area contributed by atoms with Crippen molar-refractivity contribution in [2.45, 2.75) is 113 Å². The summed E-state index contributed by atoms with van der Waals surface area (Å²) in [5.74, 6) is -0.728. The first-order chi connectivity index (χ1) is 15.0. The topological polar surface area (TPSA) is 118 Å². The van der Waals surface area contributed by atoms with E-state index in [4.69, 9.17) is 5.73 Å². The van der Waals surface area contributed by atoms with Crippen molar-refractivity contribution >= 4 is 23.5 Å². The van der Waals surface area contributed by atoms with Crippen molar-refractivity contribution in [3.63, 3.8) is 0 Å². The molecule has 0 bridgehead atoms. The van der Waals surface area contributed by atoms with Gasteiger partial charge in [0, 0.05) is 30.7 Å². The second-order valence-electron chi connectivity index (χ2n) is 11.8. The zero-order valence-corrected chi connectivity index (χ0v) is 22.3. The van der Waals surface area contributed by atoms with Gasteiger partial charge in [-0.2, -0.15) is 0 Å². The van der Waals surface area contributed by atoms with Gasteiger partial charge >= 0.3 is 6.03 Å². The van der Waals surface area contributed by atoms with Gasteiger partial charge < -0.3 is 16.4 Å². The van der Waals surface area contributed by atoms with E-state index in [-0.39, 0.29) is 29.8 Å². The maximum Gasteiger partial charge on any atom is 0.312 e. The van der Waals surface area contributed by atoms with Crippen molar-refractivity contribution < 1.29 is 19.2 Å². The number of amides is 3. The Labute approximate surface area is 201 Å². The molecule has 2 atom stereocenters. The minimum absolute atomic E-state index is 0.0163. The Morgan fingerprint density at radius 1 is 0.879 bits per heavy atom. The second kappa shape index (κ2) is 14.4. The zero-order valence-electron chi connectivity index (χ0n) is 22.3. The van der Waals surface area contributed by atoms with Crippen LogP contribution in [-0.2, 0) is 14.4 Å². The van der Waals surface area contributed by atoms with E-state index in [1.165, 1.54) is 0 Å². The number of urea groups is 1. The smallest absolute Gasteiger partial charge is 0.312 e. The highest BCUT2D eigenvalue weighted by Crippen LogP contribution is 2.27. The van der Waals surface area contributed by atoms with E-state index in [1.54, 1.807) is 0 Å². The predicted octanol–water partition coefficient (Wildman–Crippen LogP) is 4.76. The van der Waals surface area contributed by atoms with Crippen LogP contribution in [0, 0.1) is 22.7 Å². The molecule has 0 heterocycles. The van der Waals surface area contributed by atoms with Gasteiger partial charge in [-0.1, -0.05) is 68.2 Å². The van der Waals surface area contributed by atoms with E-state index >= 15 is 0 Å². The summed E-state index contributed by atoms with van der Waals surface area (Å²) in [7, 11) is 0. The van der Waals surface area contributed by atoms with E-state index in [1.807, 2.05) is 34.6 Å². The van der Waals surface area contributed by atoms with Crippen LogP contribution in [0.15, 0.2) is 0 Å². The summed E-state index contributed by atoms with van der Waals surface area (Å²) >= 11 is 0. The van der Waals surface area contributed by atoms with Crippen molar-refractivity contribution in [1.29, 1.82) is 0 Å². The van der Waals surface area contributed by atoms with Crippen molar-refractivity contribution in [2.75, 3.05) is 6.54 Å². The fourth-order valence-corrected chi connectivity index (χ4v) is 3.85. The second-order valence-corrected chi connectivity index (χ2v) is 11.8. The van der Waals surface area contributed by atoms with Gasteiger partial charge in [-0.3, -0.25) is 14.4 Å². The zero-order chi connectivity index (χ0) is 25.8. The molecule has 0 aliphatic rings. The molecule has 0 aromatic carbocycles. The number of unbranched alkanes of at least 4 members (excludes halogenated alkanes) is 2. The quantitative estimate of drug-likeness (QED) is 0.301. The first-order valence-corrected chi connectivity index (χ1v) is 12.4. The third kappa shape index (κ3) is 14.8. The molecule has 33 heavy (non-hydrogen) atoms. The summed E-state index contributed by atoms with van der Waals surface area (Å²) < 4.78 is 0. The van der Waals surface area contributed by atoms with Crippen LogP contribution in [0.1, 0.15) is 107 Å². The third-order valence-electron chi connectivity index (χ3n) is 5.75. The lowest BCUT2D eigenvalue weighted by molar-refractivity contribution is -0.135. The molecule has 0 radical (unpaired) electrons. The molecule has 0 aliphatic heterocycles. The van der Waals surface area contributed by atoms with Crippen LogP contribution < -0.4 is 16.4 Å². The van der Waals surface area contributed by atoms with Crippen LogP contribution in [0.4, 0.5) is 4.79 Å². The van der Waals surface area contributed by atoms with Gasteiger partial charge in [-0.15, -0.1) is 0 Å². The molecule has 0 rings (SSSR count). The summed E-state index contributed by atoms with van der Waals surface area (Å²) in [5, 5.41) is 5.44. The Bertz CT molecular complexity index is 645. The van der Waals surface area contributed by atoms with Crippen LogP contribution in [0.3, 0.4) is 0 Å². The Kier molecular flexibility index (Phi) is 13.5. The molecule has 0 saturated carbocycles. The summed E-state index contributed by atoms with van der Waals surface area (Å²) in [4.78, 5) is 49.5. The van der Waals surface area contributed by atoms with Crippen LogP contribution in [0.25, 0.3) is 0 Å². The highest BCUT2D eigenvalue weighted by atomic mass is 16.2. The third-order valence-corrected chi connectivity index (χ3v) is 5.75. The van der Waals surface area contributed by atoms with Crippen LogP contribution in [-0.4, -0.2) is 36.1 Å². The Morgan fingerprint density at radius 3 is 1.97 bits per heavy atom. The molecule has 0 spiro atoms. The van der Waals surface area contributed by atoms with Gasteiger partial charge in [0.25, 0.3) is 0 Å². The number of hydrogen-bond acceptors (Lipinski definition) is 4. The highest BCUT2D eigenvalue weighted by Gasteiger charge is 2.33. The van der Waals surface area contributed by atoms with E-state index in [9.17, 15) is 19.2 Å². The Hall–Kier alpha value is -1.92. The monoisotopic (exact) mass is 467 g/mol. The normalized spacial score (nSPS) is 14.0. The van der Waals surface area contributed by atoms with Crippen LogP contribution in [0.2, 0.25) is 0 Å². The molecular weight excluding hydrogens is 418 g/mol. The lowest BCUT2D eigenvalue weighted by atomic mass is 9.78. The number of Topliss-reactive ketones (excluding diaryl/α,β-unsaturated/α-hetero) is 2. The molecule has 192 valence electrons. The minimum atomic E-state index is -0.606. The number of hydrogen-bond donors (Lipinski definition) is 3. The molecule has 7 nitrogen and oxygen atoms in total. The van der Waals surface area contributed by atoms with Gasteiger partial charge in [0.15, 0.2) is 5.78 Å². The average molecular weight is 468 g/mol. The molecular formula is C26H49N3O4. The fourth-order valence-electron chi connectivity index (χ4n) is 3.85. The summed E-state index contributed by atoms with van der Waals surface area (Å²) in [6, 6.07) is -1.21. The molecule has 0 saturated heterocycles. The SMILES string of the molecule is CC(C)[C@H](NC(=O)CCCCCC(C)(C)C)C(=O)C[C@@H](CCCNC(N)=O)C(=O)C(C)(C)C. The van der Waals surface area contributed by atoms with Crippen molar-refractivity contribution in [3.05, 3.63) is 0 Å². The number of ketones is 2. The summed E-state index contributed by atoms with van der Waals surface area (Å²) in [6.45, 7) is 16.3. The number of primary amides is 1. The van der Waals surface area contributed by atoms with Gasteiger partial charge in [-0.05, 0) is 37.0 Å². The summed E-state index contributed by atoms with van der Waals surface area (Å²) in [6.07, 6.45) is 5.53. The van der Waals surface area contributed by atoms with E-state index < -0.39 is 23.4 Å². The predicted molar refractivity (Wildman–Crippen MR) is 134 cm³/mol. The number of nitrogens with two attached hydrogens (primary N) is 1. The van der Waals surface area contributed by atoms with Gasteiger partial charge in [-0.25, -0.2) is 4.79 Å². The molecule has 3 amide bonds. The van der Waals surface area contributed by atoms with Gasteiger partial charge in [0.1, 0.15) is 5.78 Å². The van der Waals surface area contributed by atoms with Crippen molar-refractivity contribution in [1.82, 2.24) is 10.6 Å². The molecule has 0 aromatic rings. The Morgan fingerprint density at radius 2 is 1.48 bits per heavy atom. The molecule has 7 heteroatoms. The number of rotatable bonds is 15. The van der Waals surface area contributed by atoms with Gasteiger partial charge in [0.05, 0.1) is 6.04 Å². The van der Waals surface area contributed by atoms with E-state index in [0.717, 1.165) is 25.7 Å². The maximum atomic E-state index is 13.1. The largest absolute Gasteiger partial charge is 0.352 e. The van der Waals surface area contributed by atoms with E-state index in [2.05, 4.69) is 31.4 Å². The lowest BCUT2D eigenvalue weighted by Crippen LogP contribution is -2.45. The van der Waals surface area contributed by atoms with Crippen LogP contribution in [0.5, 0.6) is 0 Å². The Balaban J connectivity index is 4.94. The average Bonchev–Trinajstić information content (AvgIpc) is 2.65. The van der Waals surface area contributed by atoms with Crippen molar-refractivity contribution in [2.24, 2.45) is 28.4 Å². The fraction of sp³-hybridized carbons (Fsp3) is 0.846. The number of carbonyl (C=O) groups is 4. The summed E-state index contributed by atoms with van der Waals surface area (Å²) in [5.41, 5.74) is 4.82. The number of carbonyl (C=O) groups excluding carboxylic acids is 4. The van der Waals surface area contributed by atoms with E-state index in [0.29, 0.717) is 31.2 Å². The van der Waals surface area contributed by atoms with Crippen LogP contribution >= 0.6 is 0 Å². The van der Waals surface area contributed by atoms with Gasteiger partial charge in [0.2, 0.25) is 5.91 Å². The molecule has 0 unspecified atom stereocenters. The standard InChI is InChI=1S/C26H49N3O4/c1-18(2)22(29-21(31)14-10-9-11-15-25(3,4)5)20(30)17-19(23(32)26(6,7)8)13-12-16-28-24(27)33/h18-19,22H,9-17H2,1-8H3,(H,29,31)(H3,27,28,33)/t19-,22+/m1/s1. The minimum Gasteiger partial charge on any atom is -0.352 e. The maximum absolute atomic E-state index is 13.1. The first kappa shape index (κ1) is 31.1. The molecule has 0 aliphatic carbocycles. The highest BCUT2D eigenvalue weighted by molar-refractivity contribution is 5.94. The first-order valence-electron chi connectivity index (χ1n) is 12.4. The van der Waals surface area contributed by atoms with Crippen molar-refractivity contribution in [3.8, 4) is 0 Å².